The van der Waals surface area contributed by atoms with Crippen molar-refractivity contribution in [3.63, 3.8) is 0 Å². The maximum absolute atomic E-state index is 9.35. The smallest absolute Gasteiger partial charge is 0.187 e. The molecule has 6 heteroatoms. The number of rotatable bonds is 2. The minimum Gasteiger partial charge on any atom is -0.391 e. The molecule has 0 saturated carbocycles. The van der Waals surface area contributed by atoms with Gasteiger partial charge in [-0.2, -0.15) is 0 Å². The number of anilines is 1. The van der Waals surface area contributed by atoms with Gasteiger partial charge in [-0.25, -0.2) is 4.98 Å². The summed E-state index contributed by atoms with van der Waals surface area (Å²) in [6.45, 7) is 1.33. The van der Waals surface area contributed by atoms with Crippen LogP contribution >= 0.6 is 22.9 Å². The number of β-amino-alcohol motifs (C(OH)–C–C–N with tert-alkyl or cyclic N) is 1. The summed E-state index contributed by atoms with van der Waals surface area (Å²) >= 11 is 7.19. The summed E-state index contributed by atoms with van der Waals surface area (Å²) in [4.78, 5) is 6.81. The van der Waals surface area contributed by atoms with E-state index in [-0.39, 0.29) is 12.7 Å². The quantitative estimate of drug-likeness (QED) is 0.797. The van der Waals surface area contributed by atoms with Gasteiger partial charge < -0.3 is 15.1 Å². The molecule has 0 aromatic carbocycles. The lowest BCUT2D eigenvalue weighted by atomic mass is 10.3. The van der Waals surface area contributed by atoms with Crippen LogP contribution in [0.1, 0.15) is 11.3 Å². The van der Waals surface area contributed by atoms with Gasteiger partial charge in [0.25, 0.3) is 0 Å². The third-order valence-corrected chi connectivity index (χ3v) is 3.74. The number of thiazole rings is 1. The zero-order chi connectivity index (χ0) is 10.1. The lowest BCUT2D eigenvalue weighted by Crippen LogP contribution is -2.20. The molecule has 0 spiro atoms. The lowest BCUT2D eigenvalue weighted by Gasteiger charge is -2.12. The van der Waals surface area contributed by atoms with E-state index in [0.717, 1.165) is 18.1 Å². The van der Waals surface area contributed by atoms with Crippen LogP contribution in [0.15, 0.2) is 0 Å². The molecule has 14 heavy (non-hydrogen) atoms. The van der Waals surface area contributed by atoms with Crippen LogP contribution in [-0.4, -0.2) is 34.4 Å². The molecule has 2 N–H and O–H groups in total. The molecule has 2 heterocycles. The summed E-state index contributed by atoms with van der Waals surface area (Å²) in [5, 5.41) is 19.4. The minimum absolute atomic E-state index is 0.0765. The zero-order valence-corrected chi connectivity index (χ0v) is 9.05. The van der Waals surface area contributed by atoms with E-state index in [1.807, 2.05) is 4.90 Å². The monoisotopic (exact) mass is 234 g/mol. The summed E-state index contributed by atoms with van der Waals surface area (Å²) in [5.41, 5.74) is 0. The maximum Gasteiger partial charge on any atom is 0.187 e. The summed E-state index contributed by atoms with van der Waals surface area (Å²) in [5.74, 6) is 0. The van der Waals surface area contributed by atoms with Crippen molar-refractivity contribution in [1.29, 1.82) is 0 Å². The normalized spacial score (nSPS) is 21.9. The van der Waals surface area contributed by atoms with Crippen molar-refractivity contribution in [2.24, 2.45) is 0 Å². The zero-order valence-electron chi connectivity index (χ0n) is 7.48. The van der Waals surface area contributed by atoms with Crippen LogP contribution in [0.4, 0.5) is 5.13 Å². The highest BCUT2D eigenvalue weighted by molar-refractivity contribution is 7.16. The topological polar surface area (TPSA) is 56.6 Å². The number of nitrogens with zero attached hydrogens (tertiary/aromatic N) is 2. The van der Waals surface area contributed by atoms with E-state index < -0.39 is 0 Å². The Bertz CT molecular complexity index is 331. The lowest BCUT2D eigenvalue weighted by molar-refractivity contribution is 0.198. The Labute approximate surface area is 90.8 Å². The van der Waals surface area contributed by atoms with Gasteiger partial charge in [0, 0.05) is 13.1 Å². The Hall–Kier alpha value is -0.360. The van der Waals surface area contributed by atoms with Crippen molar-refractivity contribution < 1.29 is 10.2 Å². The van der Waals surface area contributed by atoms with Gasteiger partial charge in [-0.1, -0.05) is 22.9 Å². The van der Waals surface area contributed by atoms with E-state index in [0.29, 0.717) is 16.6 Å². The summed E-state index contributed by atoms with van der Waals surface area (Å²) in [6.07, 6.45) is 0.501. The molecule has 1 aromatic rings. The second-order valence-corrected chi connectivity index (χ2v) is 4.68. The van der Waals surface area contributed by atoms with Crippen molar-refractivity contribution in [3.8, 4) is 0 Å². The van der Waals surface area contributed by atoms with Crippen molar-refractivity contribution in [1.82, 2.24) is 4.98 Å². The average Bonchev–Trinajstić information content (AvgIpc) is 2.71. The van der Waals surface area contributed by atoms with E-state index >= 15 is 0 Å². The molecular weight excluding hydrogens is 224 g/mol. The molecular formula is C8H11ClN2O2S. The molecule has 1 unspecified atom stereocenters. The fourth-order valence-electron chi connectivity index (χ4n) is 1.47. The van der Waals surface area contributed by atoms with E-state index in [4.69, 9.17) is 16.7 Å². The van der Waals surface area contributed by atoms with Crippen molar-refractivity contribution >= 4 is 28.1 Å². The fraction of sp³-hybridized carbons (Fsp3) is 0.625. The number of hydrogen-bond donors (Lipinski definition) is 2. The standard InChI is InChI=1S/C8H11ClN2O2S/c9-7-6(4-12)14-8(10-7)11-2-1-5(13)3-11/h5,12-13H,1-4H2. The van der Waals surface area contributed by atoms with Gasteiger partial charge >= 0.3 is 0 Å². The van der Waals surface area contributed by atoms with Crippen molar-refractivity contribution in [3.05, 3.63) is 10.0 Å². The van der Waals surface area contributed by atoms with Crippen LogP contribution in [0.2, 0.25) is 5.15 Å². The number of aliphatic hydroxyl groups excluding tert-OH is 2. The van der Waals surface area contributed by atoms with Gasteiger partial charge in [0.05, 0.1) is 17.6 Å². The number of hydrogen-bond acceptors (Lipinski definition) is 5. The number of halogens is 1. The molecule has 78 valence electrons. The Kier molecular flexibility index (Phi) is 2.92. The van der Waals surface area contributed by atoms with E-state index in [1.165, 1.54) is 11.3 Å². The molecule has 4 nitrogen and oxygen atoms in total. The van der Waals surface area contributed by atoms with Crippen LogP contribution in [0.5, 0.6) is 0 Å². The third kappa shape index (κ3) is 1.86. The van der Waals surface area contributed by atoms with Gasteiger partial charge in [0.1, 0.15) is 5.15 Å². The van der Waals surface area contributed by atoms with Gasteiger partial charge in [0.15, 0.2) is 5.13 Å². The van der Waals surface area contributed by atoms with E-state index in [2.05, 4.69) is 4.98 Å². The molecule has 0 bridgehead atoms. The molecule has 0 radical (unpaired) electrons. The molecule has 1 fully saturated rings. The second kappa shape index (κ2) is 4.02. The predicted molar refractivity (Wildman–Crippen MR) is 55.9 cm³/mol. The summed E-state index contributed by atoms with van der Waals surface area (Å²) in [6, 6.07) is 0. The number of aromatic nitrogens is 1. The molecule has 1 aliphatic rings. The SMILES string of the molecule is OCc1sc(N2CCC(O)C2)nc1Cl. The van der Waals surface area contributed by atoms with Crippen molar-refractivity contribution in [2.75, 3.05) is 18.0 Å². The van der Waals surface area contributed by atoms with Crippen LogP contribution < -0.4 is 4.90 Å². The Morgan fingerprint density at radius 1 is 1.64 bits per heavy atom. The maximum atomic E-state index is 9.35. The second-order valence-electron chi connectivity index (χ2n) is 3.26. The highest BCUT2D eigenvalue weighted by atomic mass is 35.5. The van der Waals surface area contributed by atoms with E-state index in [1.54, 1.807) is 0 Å². The highest BCUT2D eigenvalue weighted by Gasteiger charge is 2.23. The number of aliphatic hydroxyl groups is 2. The molecule has 1 aromatic heterocycles. The average molecular weight is 235 g/mol. The summed E-state index contributed by atoms with van der Waals surface area (Å²) in [7, 11) is 0. The first-order valence-electron chi connectivity index (χ1n) is 4.39. The first-order valence-corrected chi connectivity index (χ1v) is 5.59. The predicted octanol–water partition coefficient (Wildman–Crippen LogP) is 0.860. The molecule has 2 rings (SSSR count). The molecule has 0 aliphatic carbocycles. The largest absolute Gasteiger partial charge is 0.391 e. The summed E-state index contributed by atoms with van der Waals surface area (Å²) < 4.78 is 0. The van der Waals surface area contributed by atoms with Crippen LogP contribution in [0, 0.1) is 0 Å². The fourth-order valence-corrected chi connectivity index (χ4v) is 2.62. The van der Waals surface area contributed by atoms with Gasteiger partial charge in [0.2, 0.25) is 0 Å². The third-order valence-electron chi connectivity index (χ3n) is 2.22. The van der Waals surface area contributed by atoms with Crippen LogP contribution in [-0.2, 0) is 6.61 Å². The first-order chi connectivity index (χ1) is 6.70. The highest BCUT2D eigenvalue weighted by Crippen LogP contribution is 2.31. The van der Waals surface area contributed by atoms with Crippen LogP contribution in [0.25, 0.3) is 0 Å². The minimum atomic E-state index is -0.268. The van der Waals surface area contributed by atoms with Crippen molar-refractivity contribution in [2.45, 2.75) is 19.1 Å². The molecule has 1 aliphatic heterocycles. The molecule has 1 saturated heterocycles. The van der Waals surface area contributed by atoms with Gasteiger partial charge in [-0.15, -0.1) is 0 Å². The Morgan fingerprint density at radius 2 is 2.43 bits per heavy atom. The molecule has 1 atom stereocenters. The van der Waals surface area contributed by atoms with E-state index in [9.17, 15) is 5.11 Å². The first kappa shape index (κ1) is 10.2. The van der Waals surface area contributed by atoms with Gasteiger partial charge in [-0.05, 0) is 6.42 Å². The molecule has 0 amide bonds. The van der Waals surface area contributed by atoms with Gasteiger partial charge in [-0.3, -0.25) is 0 Å². The van der Waals surface area contributed by atoms with Crippen LogP contribution in [0.3, 0.4) is 0 Å². The Balaban J connectivity index is 2.16. The Morgan fingerprint density at radius 3 is 2.93 bits per heavy atom.